The molecule has 2 aromatic rings. The van der Waals surface area contributed by atoms with Gasteiger partial charge in [-0.25, -0.2) is 4.99 Å². The van der Waals surface area contributed by atoms with Crippen LogP contribution in [0.25, 0.3) is 0 Å². The number of benzene rings is 1. The predicted molar refractivity (Wildman–Crippen MR) is 99.1 cm³/mol. The van der Waals surface area contributed by atoms with E-state index in [2.05, 4.69) is 32.4 Å². The van der Waals surface area contributed by atoms with E-state index in [4.69, 9.17) is 0 Å². The van der Waals surface area contributed by atoms with Crippen LogP contribution in [0.15, 0.2) is 48.0 Å². The van der Waals surface area contributed by atoms with E-state index in [1.807, 2.05) is 48.9 Å². The lowest BCUT2D eigenvalue weighted by atomic mass is 9.96. The van der Waals surface area contributed by atoms with Crippen LogP contribution in [0.1, 0.15) is 24.1 Å². The van der Waals surface area contributed by atoms with Crippen LogP contribution in [0.5, 0.6) is 0 Å². The van der Waals surface area contributed by atoms with Crippen LogP contribution < -0.4 is 10.6 Å². The minimum absolute atomic E-state index is 0.317. The van der Waals surface area contributed by atoms with E-state index in [0.717, 1.165) is 17.2 Å². The van der Waals surface area contributed by atoms with Gasteiger partial charge in [-0.1, -0.05) is 36.4 Å². The Kier molecular flexibility index (Phi) is 6.30. The number of rotatable bonds is 7. The molecule has 7 heteroatoms. The molecule has 1 atom stereocenters. The van der Waals surface area contributed by atoms with Crippen LogP contribution in [0.2, 0.25) is 0 Å². The molecule has 25 heavy (non-hydrogen) atoms. The molecular formula is C18H26N6O. The van der Waals surface area contributed by atoms with Gasteiger partial charge in [-0.3, -0.25) is 0 Å². The van der Waals surface area contributed by atoms with Crippen LogP contribution in [0.3, 0.4) is 0 Å². The van der Waals surface area contributed by atoms with Crippen molar-refractivity contribution in [3.05, 3.63) is 60.2 Å². The standard InChI is InChI=1S/C18H26N6O/c1-5-11-19-17(20-12-16-23-22-14(2)24(16)4)21-13-18(3,25)15-9-7-6-8-10-15/h5-10,25H,1,11-13H2,2-4H3,(H2,19,20,21). The van der Waals surface area contributed by atoms with Gasteiger partial charge in [0.25, 0.3) is 0 Å². The van der Waals surface area contributed by atoms with Crippen LogP contribution in [-0.2, 0) is 19.2 Å². The molecule has 1 aromatic carbocycles. The highest BCUT2D eigenvalue weighted by Crippen LogP contribution is 2.18. The lowest BCUT2D eigenvalue weighted by Gasteiger charge is -2.25. The average molecular weight is 342 g/mol. The zero-order valence-corrected chi connectivity index (χ0v) is 15.0. The highest BCUT2D eigenvalue weighted by atomic mass is 16.3. The van der Waals surface area contributed by atoms with Crippen molar-refractivity contribution in [2.45, 2.75) is 26.0 Å². The van der Waals surface area contributed by atoms with Crippen molar-refractivity contribution < 1.29 is 5.11 Å². The summed E-state index contributed by atoms with van der Waals surface area (Å²) >= 11 is 0. The second kappa shape index (κ2) is 8.43. The van der Waals surface area contributed by atoms with Crippen LogP contribution in [-0.4, -0.2) is 38.9 Å². The van der Waals surface area contributed by atoms with E-state index in [0.29, 0.717) is 25.6 Å². The van der Waals surface area contributed by atoms with E-state index in [1.165, 1.54) is 0 Å². The second-order valence-electron chi connectivity index (χ2n) is 6.05. The number of hydrogen-bond acceptors (Lipinski definition) is 4. The monoisotopic (exact) mass is 342 g/mol. The molecule has 0 aliphatic carbocycles. The van der Waals surface area contributed by atoms with Crippen molar-refractivity contribution in [1.29, 1.82) is 0 Å². The number of nitrogens with zero attached hydrogens (tertiary/aromatic N) is 4. The van der Waals surface area contributed by atoms with Crippen molar-refractivity contribution in [2.75, 3.05) is 13.1 Å². The van der Waals surface area contributed by atoms with Crippen LogP contribution >= 0.6 is 0 Å². The molecule has 0 radical (unpaired) electrons. The molecule has 0 saturated heterocycles. The highest BCUT2D eigenvalue weighted by molar-refractivity contribution is 5.80. The SMILES string of the molecule is C=CCNC(=NCc1nnc(C)n1C)NCC(C)(O)c1ccccc1. The van der Waals surface area contributed by atoms with Gasteiger partial charge in [0.1, 0.15) is 18.0 Å². The van der Waals surface area contributed by atoms with Gasteiger partial charge < -0.3 is 20.3 Å². The Labute approximate surface area is 148 Å². The van der Waals surface area contributed by atoms with Gasteiger partial charge in [0.05, 0.1) is 6.54 Å². The minimum Gasteiger partial charge on any atom is -0.384 e. The molecule has 1 heterocycles. The van der Waals surface area contributed by atoms with Crippen LogP contribution in [0, 0.1) is 6.92 Å². The fourth-order valence-corrected chi connectivity index (χ4v) is 2.24. The normalized spacial score (nSPS) is 14.0. The quantitative estimate of drug-likeness (QED) is 0.400. The lowest BCUT2D eigenvalue weighted by Crippen LogP contribution is -2.44. The average Bonchev–Trinajstić information content (AvgIpc) is 2.94. The summed E-state index contributed by atoms with van der Waals surface area (Å²) in [6.45, 7) is 8.64. The van der Waals surface area contributed by atoms with Crippen molar-refractivity contribution in [2.24, 2.45) is 12.0 Å². The van der Waals surface area contributed by atoms with Gasteiger partial charge >= 0.3 is 0 Å². The van der Waals surface area contributed by atoms with Gasteiger partial charge in [-0.15, -0.1) is 16.8 Å². The Morgan fingerprint density at radius 3 is 2.64 bits per heavy atom. The molecule has 0 saturated carbocycles. The number of guanidine groups is 1. The number of hydrogen-bond donors (Lipinski definition) is 3. The summed E-state index contributed by atoms with van der Waals surface area (Å²) < 4.78 is 1.90. The Bertz CT molecular complexity index is 720. The highest BCUT2D eigenvalue weighted by Gasteiger charge is 2.23. The summed E-state index contributed by atoms with van der Waals surface area (Å²) in [6, 6.07) is 9.54. The summed E-state index contributed by atoms with van der Waals surface area (Å²) in [7, 11) is 1.91. The number of nitrogens with one attached hydrogen (secondary N) is 2. The minimum atomic E-state index is -1.01. The van der Waals surface area contributed by atoms with Crippen molar-refractivity contribution >= 4 is 5.96 Å². The fourth-order valence-electron chi connectivity index (χ4n) is 2.24. The summed E-state index contributed by atoms with van der Waals surface area (Å²) in [5.41, 5.74) is -0.173. The van der Waals surface area contributed by atoms with Gasteiger partial charge in [0.2, 0.25) is 0 Å². The molecule has 0 aliphatic rings. The first-order chi connectivity index (χ1) is 11.9. The Balaban J connectivity index is 2.05. The van der Waals surface area contributed by atoms with E-state index < -0.39 is 5.60 Å². The van der Waals surface area contributed by atoms with E-state index in [1.54, 1.807) is 13.0 Å². The molecule has 1 unspecified atom stereocenters. The smallest absolute Gasteiger partial charge is 0.192 e. The molecule has 0 amide bonds. The zero-order valence-electron chi connectivity index (χ0n) is 15.0. The molecule has 2 rings (SSSR count). The van der Waals surface area contributed by atoms with Crippen LogP contribution in [0.4, 0.5) is 0 Å². The van der Waals surface area contributed by atoms with Gasteiger partial charge in [0, 0.05) is 13.6 Å². The molecule has 0 aliphatic heterocycles. The molecular weight excluding hydrogens is 316 g/mol. The topological polar surface area (TPSA) is 87.4 Å². The van der Waals surface area contributed by atoms with E-state index >= 15 is 0 Å². The van der Waals surface area contributed by atoms with E-state index in [9.17, 15) is 5.11 Å². The molecule has 0 bridgehead atoms. The van der Waals surface area contributed by atoms with E-state index in [-0.39, 0.29) is 0 Å². The maximum Gasteiger partial charge on any atom is 0.192 e. The summed E-state index contributed by atoms with van der Waals surface area (Å²) in [4.78, 5) is 4.51. The summed E-state index contributed by atoms with van der Waals surface area (Å²) in [5.74, 6) is 2.19. The number of aliphatic hydroxyl groups is 1. The number of aryl methyl sites for hydroxylation is 1. The largest absolute Gasteiger partial charge is 0.384 e. The summed E-state index contributed by atoms with van der Waals surface area (Å²) in [6.07, 6.45) is 1.75. The number of aliphatic imine (C=N–C) groups is 1. The third-order valence-electron chi connectivity index (χ3n) is 3.97. The van der Waals surface area contributed by atoms with Crippen molar-refractivity contribution in [3.63, 3.8) is 0 Å². The maximum absolute atomic E-state index is 10.7. The molecule has 134 valence electrons. The van der Waals surface area contributed by atoms with Gasteiger partial charge in [0.15, 0.2) is 11.8 Å². The first kappa shape index (κ1) is 18.7. The van der Waals surface area contributed by atoms with Crippen molar-refractivity contribution in [1.82, 2.24) is 25.4 Å². The third-order valence-corrected chi connectivity index (χ3v) is 3.97. The Morgan fingerprint density at radius 2 is 2.04 bits per heavy atom. The lowest BCUT2D eigenvalue weighted by molar-refractivity contribution is 0.0617. The van der Waals surface area contributed by atoms with Gasteiger partial charge in [-0.2, -0.15) is 0 Å². The predicted octanol–water partition coefficient (Wildman–Crippen LogP) is 1.25. The first-order valence-corrected chi connectivity index (χ1v) is 8.20. The molecule has 0 fully saturated rings. The molecule has 7 nitrogen and oxygen atoms in total. The van der Waals surface area contributed by atoms with Gasteiger partial charge in [-0.05, 0) is 19.4 Å². The Morgan fingerprint density at radius 1 is 1.32 bits per heavy atom. The molecule has 3 N–H and O–H groups in total. The Hall–Kier alpha value is -2.67. The third kappa shape index (κ3) is 5.15. The zero-order chi connectivity index (χ0) is 18.3. The first-order valence-electron chi connectivity index (χ1n) is 8.20. The maximum atomic E-state index is 10.7. The van der Waals surface area contributed by atoms with Crippen molar-refractivity contribution in [3.8, 4) is 0 Å². The second-order valence-corrected chi connectivity index (χ2v) is 6.05. The molecule has 1 aromatic heterocycles. The summed E-state index contributed by atoms with van der Waals surface area (Å²) in [5, 5.41) is 25.1. The fraction of sp³-hybridized carbons (Fsp3) is 0.389. The molecule has 0 spiro atoms. The number of aromatic nitrogens is 3.